The zero-order chi connectivity index (χ0) is 16.4. The van der Waals surface area contributed by atoms with E-state index in [0.717, 1.165) is 17.0 Å². The molecule has 122 valence electrons. The van der Waals surface area contributed by atoms with Crippen LogP contribution in [0.25, 0.3) is 0 Å². The van der Waals surface area contributed by atoms with Crippen molar-refractivity contribution in [2.24, 2.45) is 0 Å². The maximum absolute atomic E-state index is 13.0. The van der Waals surface area contributed by atoms with Crippen molar-refractivity contribution in [1.82, 2.24) is 15.1 Å². The average molecular weight is 315 g/mol. The van der Waals surface area contributed by atoms with Crippen molar-refractivity contribution < 1.29 is 14.3 Å². The number of hydrogen-bond acceptors (Lipinski definition) is 4. The maximum atomic E-state index is 13.0. The molecule has 23 heavy (non-hydrogen) atoms. The van der Waals surface area contributed by atoms with Crippen LogP contribution in [0.1, 0.15) is 33.4 Å². The Morgan fingerprint density at radius 1 is 1.43 bits per heavy atom. The van der Waals surface area contributed by atoms with Gasteiger partial charge in [-0.3, -0.25) is 9.89 Å². The number of nitrogens with one attached hydrogen (secondary N) is 1. The lowest BCUT2D eigenvalue weighted by atomic mass is 10.0. The highest BCUT2D eigenvalue weighted by atomic mass is 16.5. The fourth-order valence-electron chi connectivity index (χ4n) is 3.06. The number of methoxy groups -OCH3 is 1. The van der Waals surface area contributed by atoms with Crippen molar-refractivity contribution in [1.29, 1.82) is 0 Å². The Bertz CT molecular complexity index is 691. The quantitative estimate of drug-likeness (QED) is 0.943. The van der Waals surface area contributed by atoms with Crippen LogP contribution in [-0.2, 0) is 4.74 Å². The van der Waals surface area contributed by atoms with Gasteiger partial charge in [-0.2, -0.15) is 5.10 Å². The first-order valence-electron chi connectivity index (χ1n) is 7.66. The lowest BCUT2D eigenvalue weighted by molar-refractivity contribution is -0.00302. The van der Waals surface area contributed by atoms with Crippen molar-refractivity contribution >= 4 is 5.91 Å². The van der Waals surface area contributed by atoms with Crippen molar-refractivity contribution in [2.45, 2.75) is 19.9 Å². The molecule has 1 fully saturated rings. The van der Waals surface area contributed by atoms with Crippen molar-refractivity contribution in [3.63, 3.8) is 0 Å². The zero-order valence-electron chi connectivity index (χ0n) is 13.6. The molecule has 6 nitrogen and oxygen atoms in total. The van der Waals surface area contributed by atoms with E-state index in [1.165, 1.54) is 0 Å². The molecule has 0 spiro atoms. The summed E-state index contributed by atoms with van der Waals surface area (Å²) >= 11 is 0. The van der Waals surface area contributed by atoms with Gasteiger partial charge in [0.25, 0.3) is 5.91 Å². The minimum atomic E-state index is -0.124. The smallest absolute Gasteiger partial charge is 0.254 e. The molecule has 0 bridgehead atoms. The second kappa shape index (κ2) is 6.42. The molecular formula is C17H21N3O3. The SMILES string of the molecule is COc1cccc(C(=O)N2CCOCC2c2c(C)n[nH]c2C)c1. The summed E-state index contributed by atoms with van der Waals surface area (Å²) in [7, 11) is 1.60. The average Bonchev–Trinajstić information content (AvgIpc) is 2.93. The van der Waals surface area contributed by atoms with E-state index in [2.05, 4.69) is 10.2 Å². The van der Waals surface area contributed by atoms with Crippen LogP contribution in [0.4, 0.5) is 0 Å². The summed E-state index contributed by atoms with van der Waals surface area (Å²) in [5.41, 5.74) is 3.54. The summed E-state index contributed by atoms with van der Waals surface area (Å²) in [4.78, 5) is 14.8. The molecule has 1 aliphatic heterocycles. The van der Waals surface area contributed by atoms with Crippen LogP contribution in [0.2, 0.25) is 0 Å². The van der Waals surface area contributed by atoms with Crippen LogP contribution in [-0.4, -0.2) is 47.9 Å². The van der Waals surface area contributed by atoms with Gasteiger partial charge in [0, 0.05) is 23.4 Å². The van der Waals surface area contributed by atoms with E-state index < -0.39 is 0 Å². The molecule has 0 radical (unpaired) electrons. The number of aromatic amines is 1. The van der Waals surface area contributed by atoms with Gasteiger partial charge in [0.05, 0.1) is 32.1 Å². The highest BCUT2D eigenvalue weighted by Crippen LogP contribution is 2.30. The summed E-state index contributed by atoms with van der Waals surface area (Å²) in [6, 6.07) is 7.12. The second-order valence-electron chi connectivity index (χ2n) is 5.67. The first-order chi connectivity index (χ1) is 11.1. The van der Waals surface area contributed by atoms with Gasteiger partial charge in [-0.25, -0.2) is 0 Å². The molecule has 1 aliphatic rings. The molecule has 1 unspecified atom stereocenters. The van der Waals surface area contributed by atoms with E-state index in [1.807, 2.05) is 36.9 Å². The predicted octanol–water partition coefficient (Wildman–Crippen LogP) is 2.25. The van der Waals surface area contributed by atoms with E-state index in [0.29, 0.717) is 31.1 Å². The van der Waals surface area contributed by atoms with Crippen LogP contribution in [0.15, 0.2) is 24.3 Å². The Hall–Kier alpha value is -2.34. The van der Waals surface area contributed by atoms with Gasteiger partial charge in [0.15, 0.2) is 0 Å². The standard InChI is InChI=1S/C17H21N3O3/c1-11-16(12(2)19-18-11)15-10-23-8-7-20(15)17(21)13-5-4-6-14(9-13)22-3/h4-6,9,15H,7-8,10H2,1-3H3,(H,18,19). The zero-order valence-corrected chi connectivity index (χ0v) is 13.6. The lowest BCUT2D eigenvalue weighted by Gasteiger charge is -2.36. The molecule has 1 amide bonds. The highest BCUT2D eigenvalue weighted by Gasteiger charge is 2.32. The van der Waals surface area contributed by atoms with Crippen LogP contribution in [0.3, 0.4) is 0 Å². The number of amides is 1. The van der Waals surface area contributed by atoms with Gasteiger partial charge in [-0.05, 0) is 32.0 Å². The van der Waals surface area contributed by atoms with Crippen LogP contribution >= 0.6 is 0 Å². The lowest BCUT2D eigenvalue weighted by Crippen LogP contribution is -2.43. The number of benzene rings is 1. The number of hydrogen-bond donors (Lipinski definition) is 1. The number of rotatable bonds is 3. The molecule has 0 aliphatic carbocycles. The number of aryl methyl sites for hydroxylation is 2. The first-order valence-corrected chi connectivity index (χ1v) is 7.66. The Morgan fingerprint density at radius 3 is 2.96 bits per heavy atom. The normalized spacial score (nSPS) is 18.0. The molecule has 1 aromatic heterocycles. The van der Waals surface area contributed by atoms with Crippen molar-refractivity contribution in [3.8, 4) is 5.75 Å². The van der Waals surface area contributed by atoms with Crippen LogP contribution in [0, 0.1) is 13.8 Å². The van der Waals surface area contributed by atoms with E-state index in [-0.39, 0.29) is 11.9 Å². The summed E-state index contributed by atoms with van der Waals surface area (Å²) < 4.78 is 10.8. The maximum Gasteiger partial charge on any atom is 0.254 e. The Balaban J connectivity index is 1.93. The summed E-state index contributed by atoms with van der Waals surface area (Å²) in [5.74, 6) is 0.661. The number of morpholine rings is 1. The largest absolute Gasteiger partial charge is 0.497 e. The topological polar surface area (TPSA) is 67.4 Å². The molecule has 2 aromatic rings. The summed E-state index contributed by atoms with van der Waals surface area (Å²) in [6.45, 7) is 5.50. The number of aromatic nitrogens is 2. The van der Waals surface area contributed by atoms with Crippen molar-refractivity contribution in [3.05, 3.63) is 46.8 Å². The third kappa shape index (κ3) is 2.94. The summed E-state index contributed by atoms with van der Waals surface area (Å²) in [6.07, 6.45) is 0. The van der Waals surface area contributed by atoms with Crippen LogP contribution in [0.5, 0.6) is 5.75 Å². The minimum Gasteiger partial charge on any atom is -0.497 e. The van der Waals surface area contributed by atoms with Gasteiger partial charge in [0.1, 0.15) is 5.75 Å². The fourth-order valence-corrected chi connectivity index (χ4v) is 3.06. The van der Waals surface area contributed by atoms with Gasteiger partial charge in [-0.1, -0.05) is 6.07 Å². The van der Waals surface area contributed by atoms with E-state index in [4.69, 9.17) is 9.47 Å². The Kier molecular flexibility index (Phi) is 4.34. The summed E-state index contributed by atoms with van der Waals surface area (Å²) in [5, 5.41) is 7.23. The molecule has 2 heterocycles. The molecule has 0 saturated carbocycles. The second-order valence-corrected chi connectivity index (χ2v) is 5.67. The third-order valence-corrected chi connectivity index (χ3v) is 4.22. The molecular weight excluding hydrogens is 294 g/mol. The monoisotopic (exact) mass is 315 g/mol. The van der Waals surface area contributed by atoms with Gasteiger partial charge < -0.3 is 14.4 Å². The minimum absolute atomic E-state index is 0.0165. The molecule has 1 saturated heterocycles. The van der Waals surface area contributed by atoms with Gasteiger partial charge >= 0.3 is 0 Å². The fraction of sp³-hybridized carbons (Fsp3) is 0.412. The predicted molar refractivity (Wildman–Crippen MR) is 85.7 cm³/mol. The molecule has 1 atom stereocenters. The molecule has 1 N–H and O–H groups in total. The number of H-pyrrole nitrogens is 1. The Labute approximate surface area is 135 Å². The molecule has 1 aromatic carbocycles. The molecule has 6 heteroatoms. The van der Waals surface area contributed by atoms with E-state index in [9.17, 15) is 4.79 Å². The molecule has 3 rings (SSSR count). The number of ether oxygens (including phenoxy) is 2. The number of carbonyl (C=O) groups excluding carboxylic acids is 1. The number of carbonyl (C=O) groups is 1. The van der Waals surface area contributed by atoms with Crippen molar-refractivity contribution in [2.75, 3.05) is 26.9 Å². The van der Waals surface area contributed by atoms with E-state index in [1.54, 1.807) is 13.2 Å². The third-order valence-electron chi connectivity index (χ3n) is 4.22. The highest BCUT2D eigenvalue weighted by molar-refractivity contribution is 5.95. The van der Waals surface area contributed by atoms with Gasteiger partial charge in [0.2, 0.25) is 0 Å². The first kappa shape index (κ1) is 15.6. The van der Waals surface area contributed by atoms with Gasteiger partial charge in [-0.15, -0.1) is 0 Å². The van der Waals surface area contributed by atoms with E-state index >= 15 is 0 Å². The van der Waals surface area contributed by atoms with Crippen LogP contribution < -0.4 is 4.74 Å². The number of nitrogens with zero attached hydrogens (tertiary/aromatic N) is 2. The Morgan fingerprint density at radius 2 is 2.26 bits per heavy atom.